The summed E-state index contributed by atoms with van der Waals surface area (Å²) in [6.07, 6.45) is 6.85. The highest BCUT2D eigenvalue weighted by molar-refractivity contribution is 6.35. The van der Waals surface area contributed by atoms with E-state index in [-0.39, 0.29) is 6.54 Å². The molecular weight excluding hydrogens is 282 g/mol. The fraction of sp³-hybridized carbons (Fsp3) is 0.312. The van der Waals surface area contributed by atoms with Crippen LogP contribution in [0.2, 0.25) is 0 Å². The summed E-state index contributed by atoms with van der Waals surface area (Å²) in [7, 11) is 0. The first-order valence-electron chi connectivity index (χ1n) is 7.15. The maximum absolute atomic E-state index is 11.7. The Morgan fingerprint density at radius 3 is 2.77 bits per heavy atom. The molecule has 116 valence electrons. The number of nitrogens with one attached hydrogen (secondary N) is 2. The van der Waals surface area contributed by atoms with E-state index in [2.05, 4.69) is 15.6 Å². The Hall–Kier alpha value is -2.63. The molecule has 0 spiro atoms. The number of ether oxygens (including phenoxy) is 1. The Kier molecular flexibility index (Phi) is 5.71. The van der Waals surface area contributed by atoms with Crippen molar-refractivity contribution in [2.75, 3.05) is 13.1 Å². The van der Waals surface area contributed by atoms with Crippen LogP contribution in [-0.2, 0) is 20.7 Å². The summed E-state index contributed by atoms with van der Waals surface area (Å²) >= 11 is 0. The summed E-state index contributed by atoms with van der Waals surface area (Å²) in [4.78, 5) is 27.5. The minimum absolute atomic E-state index is 0.206. The maximum atomic E-state index is 11.7. The molecule has 1 aliphatic rings. The van der Waals surface area contributed by atoms with E-state index in [4.69, 9.17) is 4.74 Å². The highest BCUT2D eigenvalue weighted by atomic mass is 16.5. The molecule has 2 amide bonds. The number of carbonyl (C=O) groups excluding carboxylic acids is 2. The van der Waals surface area contributed by atoms with Crippen molar-refractivity contribution in [3.8, 4) is 0 Å². The molecule has 2 heterocycles. The topological polar surface area (TPSA) is 80.3 Å². The molecule has 0 unspecified atom stereocenters. The molecule has 22 heavy (non-hydrogen) atoms. The maximum Gasteiger partial charge on any atom is 0.309 e. The van der Waals surface area contributed by atoms with Gasteiger partial charge >= 0.3 is 11.8 Å². The van der Waals surface area contributed by atoms with Gasteiger partial charge in [-0.2, -0.15) is 0 Å². The Morgan fingerprint density at radius 2 is 2.05 bits per heavy atom. The van der Waals surface area contributed by atoms with Gasteiger partial charge in [0.05, 0.1) is 12.3 Å². The van der Waals surface area contributed by atoms with Crippen LogP contribution in [0.3, 0.4) is 0 Å². The Morgan fingerprint density at radius 1 is 1.23 bits per heavy atom. The lowest BCUT2D eigenvalue weighted by Crippen LogP contribution is -2.41. The predicted molar refractivity (Wildman–Crippen MR) is 81.5 cm³/mol. The van der Waals surface area contributed by atoms with Gasteiger partial charge < -0.3 is 15.4 Å². The molecule has 0 aromatic carbocycles. The van der Waals surface area contributed by atoms with E-state index in [1.54, 1.807) is 6.20 Å². The quantitative estimate of drug-likeness (QED) is 0.797. The third kappa shape index (κ3) is 5.05. The number of amides is 2. The lowest BCUT2D eigenvalue weighted by Gasteiger charge is -2.14. The van der Waals surface area contributed by atoms with Crippen LogP contribution >= 0.6 is 0 Å². The Balaban J connectivity index is 1.67. The van der Waals surface area contributed by atoms with Crippen LogP contribution in [0.25, 0.3) is 0 Å². The van der Waals surface area contributed by atoms with Gasteiger partial charge in [-0.15, -0.1) is 0 Å². The van der Waals surface area contributed by atoms with Gasteiger partial charge in [-0.25, -0.2) is 0 Å². The van der Waals surface area contributed by atoms with Gasteiger partial charge in [0.15, 0.2) is 0 Å². The van der Waals surface area contributed by atoms with Crippen molar-refractivity contribution in [2.24, 2.45) is 0 Å². The standard InChI is InChI=1S/C16H19N3O3/c1-12-5-4-7-14(22-12)11-19-16(21)15(20)18-10-8-13-6-2-3-9-17-13/h2-3,5-7,9H,4,8,10-11H2,1H3,(H,18,20)(H,19,21). The van der Waals surface area contributed by atoms with Crippen LogP contribution in [0, 0.1) is 0 Å². The SMILES string of the molecule is CC1=CCC=C(CNC(=O)C(=O)NCCc2ccccn2)O1. The van der Waals surface area contributed by atoms with Crippen LogP contribution in [0.4, 0.5) is 0 Å². The first kappa shape index (κ1) is 15.8. The first-order valence-corrected chi connectivity index (χ1v) is 7.15. The minimum Gasteiger partial charge on any atom is -0.465 e. The molecule has 1 aromatic heterocycles. The number of carbonyl (C=O) groups is 2. The van der Waals surface area contributed by atoms with Gasteiger partial charge in [-0.1, -0.05) is 6.07 Å². The van der Waals surface area contributed by atoms with Gasteiger partial charge in [0.2, 0.25) is 0 Å². The number of nitrogens with zero attached hydrogens (tertiary/aromatic N) is 1. The Bertz CT molecular complexity index is 594. The average Bonchev–Trinajstić information content (AvgIpc) is 2.53. The largest absolute Gasteiger partial charge is 0.465 e. The zero-order valence-corrected chi connectivity index (χ0v) is 12.5. The summed E-state index contributed by atoms with van der Waals surface area (Å²) in [5.74, 6) is 0.124. The molecule has 6 heteroatoms. The van der Waals surface area contributed by atoms with E-state index in [1.165, 1.54) is 0 Å². The second-order valence-corrected chi connectivity index (χ2v) is 4.83. The molecule has 0 aliphatic carbocycles. The molecule has 6 nitrogen and oxygen atoms in total. The molecule has 0 radical (unpaired) electrons. The smallest absolute Gasteiger partial charge is 0.309 e. The highest BCUT2D eigenvalue weighted by Crippen LogP contribution is 2.12. The van der Waals surface area contributed by atoms with E-state index in [1.807, 2.05) is 37.3 Å². The molecule has 0 saturated carbocycles. The van der Waals surface area contributed by atoms with Crippen LogP contribution in [-0.4, -0.2) is 29.9 Å². The lowest BCUT2D eigenvalue weighted by atomic mass is 10.2. The van der Waals surface area contributed by atoms with Crippen LogP contribution in [0.5, 0.6) is 0 Å². The second-order valence-electron chi connectivity index (χ2n) is 4.83. The second kappa shape index (κ2) is 7.97. The predicted octanol–water partition coefficient (Wildman–Crippen LogP) is 1.06. The molecule has 0 atom stereocenters. The average molecular weight is 301 g/mol. The number of rotatable bonds is 5. The van der Waals surface area contributed by atoms with Crippen molar-refractivity contribution in [3.05, 3.63) is 53.8 Å². The summed E-state index contributed by atoms with van der Waals surface area (Å²) < 4.78 is 5.42. The van der Waals surface area contributed by atoms with Crippen molar-refractivity contribution < 1.29 is 14.3 Å². The summed E-state index contributed by atoms with van der Waals surface area (Å²) in [6.45, 7) is 2.42. The normalized spacial score (nSPS) is 13.5. The van der Waals surface area contributed by atoms with Crippen molar-refractivity contribution in [1.29, 1.82) is 0 Å². The van der Waals surface area contributed by atoms with Gasteiger partial charge in [0.1, 0.15) is 5.76 Å². The van der Waals surface area contributed by atoms with Crippen molar-refractivity contribution in [2.45, 2.75) is 19.8 Å². The molecule has 2 N–H and O–H groups in total. The molecule has 1 aromatic rings. The number of hydrogen-bond donors (Lipinski definition) is 2. The highest BCUT2D eigenvalue weighted by Gasteiger charge is 2.14. The number of aromatic nitrogens is 1. The van der Waals surface area contributed by atoms with Gasteiger partial charge in [-0.3, -0.25) is 14.6 Å². The lowest BCUT2D eigenvalue weighted by molar-refractivity contribution is -0.139. The molecule has 1 aliphatic heterocycles. The van der Waals surface area contributed by atoms with Gasteiger partial charge in [-0.05, 0) is 37.6 Å². The molecule has 0 fully saturated rings. The molecule has 2 rings (SSSR count). The fourth-order valence-electron chi connectivity index (χ4n) is 1.93. The number of pyridine rings is 1. The first-order chi connectivity index (χ1) is 10.6. The van der Waals surface area contributed by atoms with E-state index in [9.17, 15) is 9.59 Å². The monoisotopic (exact) mass is 301 g/mol. The number of allylic oxidation sites excluding steroid dienone is 3. The minimum atomic E-state index is -0.669. The fourth-order valence-corrected chi connectivity index (χ4v) is 1.93. The summed E-state index contributed by atoms with van der Waals surface area (Å²) in [5, 5.41) is 5.10. The van der Waals surface area contributed by atoms with Crippen LogP contribution in [0.15, 0.2) is 48.1 Å². The van der Waals surface area contributed by atoms with Crippen molar-refractivity contribution in [1.82, 2.24) is 15.6 Å². The van der Waals surface area contributed by atoms with Gasteiger partial charge in [0, 0.05) is 24.9 Å². The summed E-state index contributed by atoms with van der Waals surface area (Å²) in [5.41, 5.74) is 0.867. The van der Waals surface area contributed by atoms with Crippen LogP contribution in [0.1, 0.15) is 19.0 Å². The Labute approximate surface area is 129 Å². The van der Waals surface area contributed by atoms with Crippen LogP contribution < -0.4 is 10.6 Å². The van der Waals surface area contributed by atoms with E-state index in [0.29, 0.717) is 18.7 Å². The third-order valence-electron chi connectivity index (χ3n) is 3.07. The third-order valence-corrected chi connectivity index (χ3v) is 3.07. The summed E-state index contributed by atoms with van der Waals surface area (Å²) in [6, 6.07) is 5.58. The molecular formula is C16H19N3O3. The zero-order chi connectivity index (χ0) is 15.8. The molecule has 0 saturated heterocycles. The van der Waals surface area contributed by atoms with E-state index < -0.39 is 11.8 Å². The van der Waals surface area contributed by atoms with Crippen molar-refractivity contribution in [3.63, 3.8) is 0 Å². The van der Waals surface area contributed by atoms with E-state index in [0.717, 1.165) is 17.9 Å². The van der Waals surface area contributed by atoms with E-state index >= 15 is 0 Å². The number of hydrogen-bond acceptors (Lipinski definition) is 4. The molecule has 0 bridgehead atoms. The van der Waals surface area contributed by atoms with Crippen molar-refractivity contribution >= 4 is 11.8 Å². The van der Waals surface area contributed by atoms with Gasteiger partial charge in [0.25, 0.3) is 0 Å². The zero-order valence-electron chi connectivity index (χ0n) is 12.5.